The van der Waals surface area contributed by atoms with Gasteiger partial charge in [-0.1, -0.05) is 27.7 Å². The molecule has 1 aliphatic heterocycles. The van der Waals surface area contributed by atoms with Gasteiger partial charge in [-0.05, 0) is 24.7 Å². The van der Waals surface area contributed by atoms with Crippen LogP contribution < -0.4 is 5.73 Å². The van der Waals surface area contributed by atoms with Gasteiger partial charge in [-0.2, -0.15) is 0 Å². The minimum atomic E-state index is -0.454. The Kier molecular flexibility index (Phi) is 6.84. The van der Waals surface area contributed by atoms with Crippen LogP contribution in [0.1, 0.15) is 40.5 Å². The van der Waals surface area contributed by atoms with Crippen LogP contribution in [0.2, 0.25) is 0 Å². The zero-order chi connectivity index (χ0) is 16.9. The van der Waals surface area contributed by atoms with Gasteiger partial charge in [0.15, 0.2) is 0 Å². The van der Waals surface area contributed by atoms with Crippen LogP contribution in [-0.2, 0) is 14.4 Å². The quantitative estimate of drug-likeness (QED) is 0.764. The fraction of sp³-hybridized carbons (Fsp3) is 0.812. The summed E-state index contributed by atoms with van der Waals surface area (Å²) in [7, 11) is 0. The molecule has 1 aliphatic rings. The lowest BCUT2D eigenvalue weighted by atomic mass is 9.96. The number of carbonyl (C=O) groups is 3. The Bertz CT molecular complexity index is 403. The second-order valence-electron chi connectivity index (χ2n) is 6.97. The molecule has 1 saturated heterocycles. The van der Waals surface area contributed by atoms with Crippen LogP contribution in [0.3, 0.4) is 0 Å². The van der Waals surface area contributed by atoms with E-state index in [-0.39, 0.29) is 11.8 Å². The molecule has 0 aromatic heterocycles. The van der Waals surface area contributed by atoms with Crippen molar-refractivity contribution in [3.8, 4) is 0 Å². The third-order valence-corrected chi connectivity index (χ3v) is 3.83. The van der Waals surface area contributed by atoms with Crippen LogP contribution in [0.25, 0.3) is 0 Å². The van der Waals surface area contributed by atoms with Crippen molar-refractivity contribution >= 4 is 17.7 Å². The number of hydrogen-bond acceptors (Lipinski definition) is 3. The number of nitrogens with two attached hydrogens (primary N) is 1. The highest BCUT2D eigenvalue weighted by Crippen LogP contribution is 2.17. The lowest BCUT2D eigenvalue weighted by molar-refractivity contribution is -0.153. The minimum absolute atomic E-state index is 0.179. The molecule has 6 nitrogen and oxygen atoms in total. The van der Waals surface area contributed by atoms with Crippen molar-refractivity contribution in [2.75, 3.05) is 26.2 Å². The normalized spacial score (nSPS) is 16.2. The number of primary amides is 1. The molecule has 3 amide bonds. The molecule has 0 aromatic carbocycles. The molecule has 126 valence electrons. The lowest BCUT2D eigenvalue weighted by Gasteiger charge is -2.33. The van der Waals surface area contributed by atoms with E-state index in [0.29, 0.717) is 50.9 Å². The molecule has 1 rings (SSSR count). The third-order valence-electron chi connectivity index (χ3n) is 3.83. The van der Waals surface area contributed by atoms with Crippen molar-refractivity contribution in [2.45, 2.75) is 40.5 Å². The highest BCUT2D eigenvalue weighted by Gasteiger charge is 2.31. The topological polar surface area (TPSA) is 83.7 Å². The predicted octanol–water partition coefficient (Wildman–Crippen LogP) is 0.851. The highest BCUT2D eigenvalue weighted by atomic mass is 16.2. The van der Waals surface area contributed by atoms with E-state index in [9.17, 15) is 14.4 Å². The van der Waals surface area contributed by atoms with Crippen molar-refractivity contribution in [1.29, 1.82) is 0 Å². The van der Waals surface area contributed by atoms with Crippen molar-refractivity contribution in [2.24, 2.45) is 23.5 Å². The van der Waals surface area contributed by atoms with Crippen LogP contribution in [-0.4, -0.2) is 53.7 Å². The second-order valence-corrected chi connectivity index (χ2v) is 6.97. The average Bonchev–Trinajstić information content (AvgIpc) is 2.44. The van der Waals surface area contributed by atoms with Crippen LogP contribution >= 0.6 is 0 Å². The summed E-state index contributed by atoms with van der Waals surface area (Å²) in [5.74, 6) is -0.752. The Balaban J connectivity index is 2.65. The first-order valence-corrected chi connectivity index (χ1v) is 8.09. The fourth-order valence-corrected chi connectivity index (χ4v) is 2.76. The van der Waals surface area contributed by atoms with E-state index in [0.717, 1.165) is 0 Å². The number of likely N-dealkylation sites (tertiary alicyclic amines) is 1. The maximum Gasteiger partial charge on any atom is 0.312 e. The van der Waals surface area contributed by atoms with E-state index >= 15 is 0 Å². The summed E-state index contributed by atoms with van der Waals surface area (Å²) in [6.07, 6.45) is 1.09. The number of rotatable bonds is 5. The Hall–Kier alpha value is -1.59. The standard InChI is InChI=1S/C16H29N3O3/c1-11(2)9-19(10-12(3)4)16(22)15(21)18-7-5-13(6-8-18)14(17)20/h11-13H,5-10H2,1-4H3,(H2,17,20). The Labute approximate surface area is 133 Å². The molecule has 0 aromatic rings. The van der Waals surface area contributed by atoms with Gasteiger partial charge in [-0.15, -0.1) is 0 Å². The third kappa shape index (κ3) is 5.31. The molecule has 1 fully saturated rings. The Morgan fingerprint density at radius 1 is 1.05 bits per heavy atom. The molecule has 0 radical (unpaired) electrons. The van der Waals surface area contributed by atoms with E-state index in [1.54, 1.807) is 9.80 Å². The van der Waals surface area contributed by atoms with Crippen LogP contribution in [0, 0.1) is 17.8 Å². The summed E-state index contributed by atoms with van der Waals surface area (Å²) in [6.45, 7) is 10.1. The summed E-state index contributed by atoms with van der Waals surface area (Å²) in [6, 6.07) is 0. The number of hydrogen-bond donors (Lipinski definition) is 1. The molecule has 0 saturated carbocycles. The molecule has 22 heavy (non-hydrogen) atoms. The van der Waals surface area contributed by atoms with Crippen molar-refractivity contribution in [3.63, 3.8) is 0 Å². The van der Waals surface area contributed by atoms with E-state index in [4.69, 9.17) is 5.73 Å². The maximum absolute atomic E-state index is 12.5. The molecule has 6 heteroatoms. The molecular weight excluding hydrogens is 282 g/mol. The smallest absolute Gasteiger partial charge is 0.312 e. The SMILES string of the molecule is CC(C)CN(CC(C)C)C(=O)C(=O)N1CCC(C(N)=O)CC1. The zero-order valence-corrected chi connectivity index (χ0v) is 14.2. The molecule has 0 spiro atoms. The van der Waals surface area contributed by atoms with E-state index in [2.05, 4.69) is 0 Å². The molecular formula is C16H29N3O3. The van der Waals surface area contributed by atoms with Crippen LogP contribution in [0.5, 0.6) is 0 Å². The summed E-state index contributed by atoms with van der Waals surface area (Å²) in [5.41, 5.74) is 5.29. The summed E-state index contributed by atoms with van der Waals surface area (Å²) in [5, 5.41) is 0. The molecule has 0 bridgehead atoms. The van der Waals surface area contributed by atoms with Gasteiger partial charge in [-0.25, -0.2) is 0 Å². The monoisotopic (exact) mass is 311 g/mol. The first-order chi connectivity index (χ1) is 10.2. The Morgan fingerprint density at radius 2 is 1.50 bits per heavy atom. The highest BCUT2D eigenvalue weighted by molar-refractivity contribution is 6.34. The van der Waals surface area contributed by atoms with Crippen LogP contribution in [0.15, 0.2) is 0 Å². The van der Waals surface area contributed by atoms with Gasteiger partial charge in [0, 0.05) is 32.1 Å². The zero-order valence-electron chi connectivity index (χ0n) is 14.2. The lowest BCUT2D eigenvalue weighted by Crippen LogP contribution is -2.50. The first kappa shape index (κ1) is 18.5. The molecule has 1 heterocycles. The van der Waals surface area contributed by atoms with Gasteiger partial charge in [0.2, 0.25) is 5.91 Å². The van der Waals surface area contributed by atoms with E-state index in [1.807, 2.05) is 27.7 Å². The average molecular weight is 311 g/mol. The molecule has 2 N–H and O–H groups in total. The van der Waals surface area contributed by atoms with Gasteiger partial charge in [0.05, 0.1) is 0 Å². The number of amides is 3. The van der Waals surface area contributed by atoms with E-state index in [1.165, 1.54) is 0 Å². The predicted molar refractivity (Wildman–Crippen MR) is 84.8 cm³/mol. The van der Waals surface area contributed by atoms with Crippen molar-refractivity contribution < 1.29 is 14.4 Å². The fourth-order valence-electron chi connectivity index (χ4n) is 2.76. The second kappa shape index (κ2) is 8.15. The maximum atomic E-state index is 12.5. The van der Waals surface area contributed by atoms with Gasteiger partial charge < -0.3 is 15.5 Å². The van der Waals surface area contributed by atoms with Gasteiger partial charge >= 0.3 is 11.8 Å². The minimum Gasteiger partial charge on any atom is -0.369 e. The Morgan fingerprint density at radius 3 is 1.86 bits per heavy atom. The van der Waals surface area contributed by atoms with Crippen molar-refractivity contribution in [1.82, 2.24) is 9.80 Å². The van der Waals surface area contributed by atoms with Gasteiger partial charge in [0.1, 0.15) is 0 Å². The number of nitrogens with zero attached hydrogens (tertiary/aromatic N) is 2. The van der Waals surface area contributed by atoms with Gasteiger partial charge in [0.25, 0.3) is 0 Å². The number of piperidine rings is 1. The molecule has 0 atom stereocenters. The summed E-state index contributed by atoms with van der Waals surface area (Å²) >= 11 is 0. The first-order valence-electron chi connectivity index (χ1n) is 8.09. The van der Waals surface area contributed by atoms with E-state index < -0.39 is 11.8 Å². The van der Waals surface area contributed by atoms with Crippen molar-refractivity contribution in [3.05, 3.63) is 0 Å². The molecule has 0 aliphatic carbocycles. The largest absolute Gasteiger partial charge is 0.369 e. The summed E-state index contributed by atoms with van der Waals surface area (Å²) in [4.78, 5) is 39.2. The molecule has 0 unspecified atom stereocenters. The number of carbonyl (C=O) groups excluding carboxylic acids is 3. The van der Waals surface area contributed by atoms with Gasteiger partial charge in [-0.3, -0.25) is 14.4 Å². The summed E-state index contributed by atoms with van der Waals surface area (Å²) < 4.78 is 0. The van der Waals surface area contributed by atoms with Crippen LogP contribution in [0.4, 0.5) is 0 Å².